The molecule has 2 aromatic rings. The summed E-state index contributed by atoms with van der Waals surface area (Å²) in [4.78, 5) is 30.2. The van der Waals surface area contributed by atoms with Crippen molar-refractivity contribution in [3.05, 3.63) is 64.6 Å². The lowest BCUT2D eigenvalue weighted by molar-refractivity contribution is -0.143. The van der Waals surface area contributed by atoms with E-state index in [0.717, 1.165) is 28.6 Å². The number of amides is 2. The molecule has 2 fully saturated rings. The van der Waals surface area contributed by atoms with Gasteiger partial charge in [-0.2, -0.15) is 0 Å². The van der Waals surface area contributed by atoms with Gasteiger partial charge in [0.2, 0.25) is 11.8 Å². The van der Waals surface area contributed by atoms with Gasteiger partial charge in [-0.15, -0.1) is 0 Å². The average Bonchev–Trinajstić information content (AvgIpc) is 2.85. The van der Waals surface area contributed by atoms with Crippen LogP contribution in [0.3, 0.4) is 0 Å². The minimum Gasteiger partial charge on any atom is -0.493 e. The number of para-hydroxylation sites is 1. The van der Waals surface area contributed by atoms with E-state index >= 15 is 0 Å². The van der Waals surface area contributed by atoms with Crippen LogP contribution in [0.4, 0.5) is 0 Å². The Labute approximate surface area is 204 Å². The molecule has 0 aliphatic carbocycles. The van der Waals surface area contributed by atoms with Gasteiger partial charge in [-0.05, 0) is 36.6 Å². The molecule has 2 saturated heterocycles. The van der Waals surface area contributed by atoms with Gasteiger partial charge in [0.05, 0.1) is 26.2 Å². The number of nitrogens with zero attached hydrogens (tertiary/aromatic N) is 2. The zero-order valence-electron chi connectivity index (χ0n) is 18.9. The molecule has 2 aliphatic rings. The van der Waals surface area contributed by atoms with Gasteiger partial charge in [-0.3, -0.25) is 9.59 Å². The van der Waals surface area contributed by atoms with Crippen molar-refractivity contribution in [1.29, 1.82) is 0 Å². The summed E-state index contributed by atoms with van der Waals surface area (Å²) in [5.41, 5.74) is 0.566. The quantitative estimate of drug-likeness (QED) is 0.561. The molecule has 2 aromatic carbocycles. The van der Waals surface area contributed by atoms with Gasteiger partial charge in [-0.25, -0.2) is 0 Å². The summed E-state index contributed by atoms with van der Waals surface area (Å²) >= 11 is 3.55. The predicted molar refractivity (Wildman–Crippen MR) is 130 cm³/mol. The average molecular weight is 515 g/mol. The molecule has 0 aromatic heterocycles. The minimum atomic E-state index is -0.410. The maximum atomic E-state index is 13.2. The molecule has 6 nitrogen and oxygen atoms in total. The van der Waals surface area contributed by atoms with E-state index in [1.54, 1.807) is 0 Å². The standard InChI is InChI=1S/C26H31BrN2O4/c27-23-10-5-4-7-21(23)17-24(30)29-12-6-11-26(19-29,20-33-22-8-2-1-3-9-22)18-25(31)28-13-15-32-16-14-28/h1-5,7-10H,6,11-20H2/t26-/m1/s1. The second-order valence-electron chi connectivity index (χ2n) is 8.96. The van der Waals surface area contributed by atoms with E-state index in [4.69, 9.17) is 9.47 Å². The zero-order valence-corrected chi connectivity index (χ0v) is 20.5. The Hall–Kier alpha value is -2.38. The fraction of sp³-hybridized carbons (Fsp3) is 0.462. The van der Waals surface area contributed by atoms with Gasteiger partial charge in [0.1, 0.15) is 5.75 Å². The Morgan fingerprint density at radius 1 is 0.939 bits per heavy atom. The highest BCUT2D eigenvalue weighted by atomic mass is 79.9. The van der Waals surface area contributed by atoms with Crippen LogP contribution in [0.25, 0.3) is 0 Å². The second kappa shape index (κ2) is 11.2. The van der Waals surface area contributed by atoms with Gasteiger partial charge in [0, 0.05) is 42.5 Å². The van der Waals surface area contributed by atoms with Gasteiger partial charge >= 0.3 is 0 Å². The third kappa shape index (κ3) is 6.36. The summed E-state index contributed by atoms with van der Waals surface area (Å²) in [5, 5.41) is 0. The molecule has 2 amide bonds. The number of hydrogen-bond donors (Lipinski definition) is 0. The molecule has 2 aliphatic heterocycles. The molecule has 0 saturated carbocycles. The van der Waals surface area contributed by atoms with E-state index < -0.39 is 5.41 Å². The summed E-state index contributed by atoms with van der Waals surface area (Å²) in [6, 6.07) is 17.5. The number of halogens is 1. The fourth-order valence-electron chi connectivity index (χ4n) is 4.65. The number of rotatable bonds is 7. The van der Waals surface area contributed by atoms with Crippen LogP contribution in [-0.4, -0.2) is 67.6 Å². The highest BCUT2D eigenvalue weighted by molar-refractivity contribution is 9.10. The molecular formula is C26H31BrN2O4. The highest BCUT2D eigenvalue weighted by Crippen LogP contribution is 2.36. The molecular weight excluding hydrogens is 484 g/mol. The number of hydrogen-bond acceptors (Lipinski definition) is 4. The first-order valence-electron chi connectivity index (χ1n) is 11.6. The van der Waals surface area contributed by atoms with Crippen LogP contribution < -0.4 is 4.74 Å². The van der Waals surface area contributed by atoms with Crippen LogP contribution >= 0.6 is 15.9 Å². The van der Waals surface area contributed by atoms with Crippen molar-refractivity contribution in [1.82, 2.24) is 9.80 Å². The number of carbonyl (C=O) groups is 2. The first-order chi connectivity index (χ1) is 16.0. The predicted octanol–water partition coefficient (Wildman–Crippen LogP) is 3.93. The van der Waals surface area contributed by atoms with Crippen LogP contribution in [-0.2, 0) is 20.7 Å². The maximum Gasteiger partial charge on any atom is 0.227 e. The topological polar surface area (TPSA) is 59.1 Å². The van der Waals surface area contributed by atoms with Crippen molar-refractivity contribution in [2.75, 3.05) is 46.0 Å². The van der Waals surface area contributed by atoms with Crippen molar-refractivity contribution in [3.8, 4) is 5.75 Å². The van der Waals surface area contributed by atoms with E-state index in [9.17, 15) is 9.59 Å². The molecule has 33 heavy (non-hydrogen) atoms. The van der Waals surface area contributed by atoms with Crippen molar-refractivity contribution in [2.45, 2.75) is 25.7 Å². The molecule has 176 valence electrons. The number of ether oxygens (including phenoxy) is 2. The van der Waals surface area contributed by atoms with Crippen LogP contribution in [0.15, 0.2) is 59.1 Å². The molecule has 1 atom stereocenters. The van der Waals surface area contributed by atoms with Gasteiger partial charge in [0.15, 0.2) is 0 Å². The summed E-state index contributed by atoms with van der Waals surface area (Å²) in [6.45, 7) is 4.05. The molecule has 0 N–H and O–H groups in total. The van der Waals surface area contributed by atoms with Gasteiger partial charge < -0.3 is 19.3 Å². The zero-order chi connectivity index (χ0) is 23.1. The van der Waals surface area contributed by atoms with E-state index in [-0.39, 0.29) is 11.8 Å². The first-order valence-corrected chi connectivity index (χ1v) is 12.4. The largest absolute Gasteiger partial charge is 0.493 e. The second-order valence-corrected chi connectivity index (χ2v) is 9.81. The maximum absolute atomic E-state index is 13.2. The fourth-order valence-corrected chi connectivity index (χ4v) is 5.07. The Morgan fingerprint density at radius 3 is 2.42 bits per heavy atom. The summed E-state index contributed by atoms with van der Waals surface area (Å²) < 4.78 is 12.5. The van der Waals surface area contributed by atoms with E-state index in [1.165, 1.54) is 0 Å². The molecule has 7 heteroatoms. The summed E-state index contributed by atoms with van der Waals surface area (Å²) in [7, 11) is 0. The van der Waals surface area contributed by atoms with Crippen molar-refractivity contribution in [2.24, 2.45) is 5.41 Å². The van der Waals surface area contributed by atoms with Crippen LogP contribution in [0, 0.1) is 5.41 Å². The summed E-state index contributed by atoms with van der Waals surface area (Å²) in [5.74, 6) is 0.993. The van der Waals surface area contributed by atoms with Gasteiger partial charge in [0.25, 0.3) is 0 Å². The van der Waals surface area contributed by atoms with E-state index in [2.05, 4.69) is 15.9 Å². The lowest BCUT2D eigenvalue weighted by Gasteiger charge is -2.43. The Bertz CT molecular complexity index is 948. The van der Waals surface area contributed by atoms with Crippen LogP contribution in [0.5, 0.6) is 5.75 Å². The Balaban J connectivity index is 1.49. The first kappa shape index (κ1) is 23.8. The minimum absolute atomic E-state index is 0.0875. The number of carbonyl (C=O) groups excluding carboxylic acids is 2. The molecule has 0 spiro atoms. The molecule has 2 heterocycles. The third-order valence-corrected chi connectivity index (χ3v) is 7.27. The van der Waals surface area contributed by atoms with Crippen molar-refractivity contribution in [3.63, 3.8) is 0 Å². The highest BCUT2D eigenvalue weighted by Gasteiger charge is 2.41. The number of likely N-dealkylation sites (tertiary alicyclic amines) is 1. The van der Waals surface area contributed by atoms with Crippen molar-refractivity contribution < 1.29 is 19.1 Å². The SMILES string of the molecule is O=C(C[C@]1(COc2ccccc2)CCCN(C(=O)Cc2ccccc2Br)C1)N1CCOCC1. The molecule has 0 unspecified atom stereocenters. The Kier molecular flexibility index (Phi) is 8.04. The smallest absolute Gasteiger partial charge is 0.227 e. The normalized spacial score (nSPS) is 21.0. The lowest BCUT2D eigenvalue weighted by Crippen LogP contribution is -2.52. The molecule has 0 bridgehead atoms. The monoisotopic (exact) mass is 514 g/mol. The van der Waals surface area contributed by atoms with Crippen LogP contribution in [0.2, 0.25) is 0 Å². The third-order valence-electron chi connectivity index (χ3n) is 6.49. The van der Waals surface area contributed by atoms with E-state index in [0.29, 0.717) is 58.8 Å². The van der Waals surface area contributed by atoms with Crippen molar-refractivity contribution >= 4 is 27.7 Å². The number of morpholine rings is 1. The number of piperidine rings is 1. The van der Waals surface area contributed by atoms with Crippen LogP contribution in [0.1, 0.15) is 24.8 Å². The molecule has 0 radical (unpaired) electrons. The lowest BCUT2D eigenvalue weighted by atomic mass is 9.77. The Morgan fingerprint density at radius 2 is 1.67 bits per heavy atom. The number of benzene rings is 2. The summed E-state index contributed by atoms with van der Waals surface area (Å²) in [6.07, 6.45) is 2.43. The van der Waals surface area contributed by atoms with Gasteiger partial charge in [-0.1, -0.05) is 52.3 Å². The molecule has 4 rings (SSSR count). The van der Waals surface area contributed by atoms with E-state index in [1.807, 2.05) is 64.4 Å².